The Kier molecular flexibility index (Phi) is 8.93. The summed E-state index contributed by atoms with van der Waals surface area (Å²) in [5, 5.41) is 0. The number of Topliss-reactive ketones (excluding diaryl/α,β-unsaturated/α-hetero) is 1. The maximum Gasteiger partial charge on any atom is 0.138 e. The van der Waals surface area contributed by atoms with Gasteiger partial charge in [-0.15, -0.1) is 0 Å². The van der Waals surface area contributed by atoms with Crippen molar-refractivity contribution in [2.45, 2.75) is 123 Å². The van der Waals surface area contributed by atoms with Crippen molar-refractivity contribution in [3.8, 4) is 16.9 Å². The molecule has 1 heterocycles. The number of aryl methyl sites for hydroxylation is 1. The van der Waals surface area contributed by atoms with Crippen LogP contribution in [0.1, 0.15) is 117 Å². The van der Waals surface area contributed by atoms with E-state index in [1.165, 1.54) is 28.8 Å². The van der Waals surface area contributed by atoms with E-state index in [-0.39, 0.29) is 22.2 Å². The number of halogens is 1. The highest BCUT2D eigenvalue weighted by Gasteiger charge is 2.50. The van der Waals surface area contributed by atoms with Gasteiger partial charge in [-0.2, -0.15) is 0 Å². The number of benzene rings is 2. The van der Waals surface area contributed by atoms with Crippen molar-refractivity contribution < 1.29 is 18.7 Å². The number of hydrogen-bond donors (Lipinski definition) is 0. The topological polar surface area (TPSA) is 35.5 Å². The van der Waals surface area contributed by atoms with E-state index in [0.29, 0.717) is 30.6 Å². The van der Waals surface area contributed by atoms with Crippen LogP contribution < -0.4 is 4.74 Å². The van der Waals surface area contributed by atoms with Crippen LogP contribution in [0.2, 0.25) is 0 Å². The highest BCUT2D eigenvalue weighted by Crippen LogP contribution is 2.54. The number of hydrogen-bond acceptors (Lipinski definition) is 3. The second-order valence-corrected chi connectivity index (χ2v) is 14.3. The largest absolute Gasteiger partial charge is 0.495 e. The lowest BCUT2D eigenvalue weighted by Crippen LogP contribution is -2.44. The first-order chi connectivity index (χ1) is 20.0. The average Bonchev–Trinajstić information content (AvgIpc) is 3.41. The second kappa shape index (κ2) is 12.2. The van der Waals surface area contributed by atoms with Crippen molar-refractivity contribution in [3.05, 3.63) is 65.2 Å². The molecule has 0 radical (unpaired) electrons. The summed E-state index contributed by atoms with van der Waals surface area (Å²) in [5.74, 6) is 2.37. The molecule has 5 rings (SSSR count). The molecule has 3 aliphatic rings. The Hall–Kier alpha value is -2.62. The summed E-state index contributed by atoms with van der Waals surface area (Å²) in [4.78, 5) is 12.4. The minimum absolute atomic E-state index is 0.0122. The monoisotopic (exact) mass is 574 g/mol. The normalized spacial score (nSPS) is 27.4. The summed E-state index contributed by atoms with van der Waals surface area (Å²) in [6.07, 6.45) is 13.5. The van der Waals surface area contributed by atoms with Crippen molar-refractivity contribution >= 4 is 5.78 Å². The number of carbonyl (C=O) groups is 1. The molecule has 2 aromatic carbocycles. The predicted octanol–water partition coefficient (Wildman–Crippen LogP) is 10.1. The van der Waals surface area contributed by atoms with Crippen LogP contribution >= 0.6 is 0 Å². The van der Waals surface area contributed by atoms with E-state index in [9.17, 15) is 9.18 Å². The molecular weight excluding hydrogens is 523 g/mol. The molecule has 0 amide bonds. The van der Waals surface area contributed by atoms with Crippen LogP contribution in [0.25, 0.3) is 11.1 Å². The van der Waals surface area contributed by atoms with Crippen LogP contribution in [0.3, 0.4) is 0 Å². The molecule has 0 atom stereocenters. The summed E-state index contributed by atoms with van der Waals surface area (Å²) in [5.41, 5.74) is 6.05. The standard InChI is InChI=1S/C38H51FO3/c1-7-34(40)37(6)18-16-28(17-19-37)30-24-38(42-25-30)22-27(23-38)11-10-26-20-32(36(4,5)8-2)35(33(21-26)41-9-3)29-12-14-31(39)15-13-29/h12-15,20-21,25,27-28H,7-11,16-19,22-24H2,1-6H3. The molecule has 0 aromatic heterocycles. The Morgan fingerprint density at radius 3 is 2.38 bits per heavy atom. The summed E-state index contributed by atoms with van der Waals surface area (Å²) in [6, 6.07) is 11.4. The van der Waals surface area contributed by atoms with Gasteiger partial charge in [0, 0.05) is 23.8 Å². The van der Waals surface area contributed by atoms with Gasteiger partial charge in [-0.3, -0.25) is 4.79 Å². The van der Waals surface area contributed by atoms with E-state index in [0.717, 1.165) is 81.1 Å². The number of ketones is 1. The SMILES string of the molecule is CCOc1cc(CCC2CC3(CC(C4CCC(C)(C(=O)CC)CC4)=CO3)C2)cc(C(C)(C)CC)c1-c1ccc(F)cc1. The van der Waals surface area contributed by atoms with Crippen molar-refractivity contribution in [1.82, 2.24) is 0 Å². The van der Waals surface area contributed by atoms with Crippen molar-refractivity contribution in [2.75, 3.05) is 6.61 Å². The van der Waals surface area contributed by atoms with E-state index >= 15 is 0 Å². The summed E-state index contributed by atoms with van der Waals surface area (Å²) >= 11 is 0. The third-order valence-corrected chi connectivity index (χ3v) is 11.0. The Labute approximate surface area is 253 Å². The molecule has 0 saturated heterocycles. The molecule has 1 spiro atoms. The minimum Gasteiger partial charge on any atom is -0.495 e. The highest BCUT2D eigenvalue weighted by atomic mass is 19.1. The lowest BCUT2D eigenvalue weighted by atomic mass is 9.63. The summed E-state index contributed by atoms with van der Waals surface area (Å²) in [7, 11) is 0. The summed E-state index contributed by atoms with van der Waals surface area (Å²) in [6.45, 7) is 13.6. The van der Waals surface area contributed by atoms with Gasteiger partial charge in [0.15, 0.2) is 0 Å². The molecule has 2 aromatic rings. The molecule has 42 heavy (non-hydrogen) atoms. The fraction of sp³-hybridized carbons (Fsp3) is 0.605. The molecule has 1 aliphatic heterocycles. The Morgan fingerprint density at radius 1 is 1.07 bits per heavy atom. The molecule has 0 N–H and O–H groups in total. The molecule has 2 saturated carbocycles. The first kappa shape index (κ1) is 30.8. The van der Waals surface area contributed by atoms with E-state index in [4.69, 9.17) is 9.47 Å². The zero-order chi connectivity index (χ0) is 30.1. The van der Waals surface area contributed by atoms with Crippen LogP contribution in [-0.2, 0) is 21.4 Å². The van der Waals surface area contributed by atoms with Crippen LogP contribution in [-0.4, -0.2) is 18.0 Å². The van der Waals surface area contributed by atoms with Gasteiger partial charge in [0.2, 0.25) is 0 Å². The van der Waals surface area contributed by atoms with Gasteiger partial charge in [0.1, 0.15) is 23.0 Å². The fourth-order valence-corrected chi connectivity index (χ4v) is 7.76. The third-order valence-electron chi connectivity index (χ3n) is 11.0. The molecule has 2 fully saturated rings. The maximum atomic E-state index is 13.8. The Balaban J connectivity index is 1.22. The van der Waals surface area contributed by atoms with Crippen LogP contribution in [0.5, 0.6) is 5.75 Å². The van der Waals surface area contributed by atoms with Crippen LogP contribution in [0.4, 0.5) is 4.39 Å². The predicted molar refractivity (Wildman–Crippen MR) is 169 cm³/mol. The van der Waals surface area contributed by atoms with Gasteiger partial charge in [0.25, 0.3) is 0 Å². The van der Waals surface area contributed by atoms with E-state index in [1.807, 2.05) is 26.0 Å². The molecule has 228 valence electrons. The molecular formula is C38H51FO3. The lowest BCUT2D eigenvalue weighted by Gasteiger charge is -2.45. The molecule has 3 nitrogen and oxygen atoms in total. The first-order valence-electron chi connectivity index (χ1n) is 16.5. The quantitative estimate of drug-likeness (QED) is 0.268. The van der Waals surface area contributed by atoms with Crippen molar-refractivity contribution in [1.29, 1.82) is 0 Å². The number of rotatable bonds is 11. The number of ether oxygens (including phenoxy) is 2. The van der Waals surface area contributed by atoms with Gasteiger partial charge in [-0.1, -0.05) is 52.8 Å². The zero-order valence-electron chi connectivity index (χ0n) is 26.8. The molecule has 0 unspecified atom stereocenters. The molecule has 4 heteroatoms. The highest BCUT2D eigenvalue weighted by molar-refractivity contribution is 5.84. The van der Waals surface area contributed by atoms with E-state index in [1.54, 1.807) is 0 Å². The zero-order valence-corrected chi connectivity index (χ0v) is 26.8. The van der Waals surface area contributed by atoms with Gasteiger partial charge in [-0.25, -0.2) is 4.39 Å². The third kappa shape index (κ3) is 6.19. The van der Waals surface area contributed by atoms with Crippen LogP contribution in [0, 0.1) is 23.1 Å². The van der Waals surface area contributed by atoms with Gasteiger partial charge < -0.3 is 9.47 Å². The molecule has 2 aliphatic carbocycles. The smallest absolute Gasteiger partial charge is 0.138 e. The average molecular weight is 575 g/mol. The second-order valence-electron chi connectivity index (χ2n) is 14.3. The lowest BCUT2D eigenvalue weighted by molar-refractivity contribution is -0.129. The minimum atomic E-state index is -0.221. The van der Waals surface area contributed by atoms with Crippen molar-refractivity contribution in [2.24, 2.45) is 17.3 Å². The van der Waals surface area contributed by atoms with Gasteiger partial charge >= 0.3 is 0 Å². The number of carbonyl (C=O) groups excluding carboxylic acids is 1. The van der Waals surface area contributed by atoms with E-state index < -0.39 is 0 Å². The fourth-order valence-electron chi connectivity index (χ4n) is 7.76. The Morgan fingerprint density at radius 2 is 1.76 bits per heavy atom. The molecule has 0 bridgehead atoms. The first-order valence-corrected chi connectivity index (χ1v) is 16.5. The van der Waals surface area contributed by atoms with Gasteiger partial charge in [0.05, 0.1) is 12.9 Å². The Bertz CT molecular complexity index is 1290. The maximum absolute atomic E-state index is 13.8. The van der Waals surface area contributed by atoms with Crippen LogP contribution in [0.15, 0.2) is 48.2 Å². The van der Waals surface area contributed by atoms with E-state index in [2.05, 4.69) is 46.1 Å². The summed E-state index contributed by atoms with van der Waals surface area (Å²) < 4.78 is 26.4. The van der Waals surface area contributed by atoms with Crippen molar-refractivity contribution in [3.63, 3.8) is 0 Å². The van der Waals surface area contributed by atoms with Gasteiger partial charge in [-0.05, 0) is 122 Å².